The molecule has 0 aromatic heterocycles. The SMILES string of the molecule is CC[C@H](C)[C@@H]([C@@H](CC(=O)N1CCC[C@H]1[C@H](OC)[C@@H](C)C(=O)C[C@@H](Cc1ccccc1)P(=O)(O)O)OC)N(C)C(=O)[C@@H](CC(=O)[C@@H]1[C@H]2CC[C@H](C2)N1C(=O)CCCCCN1C(=O)C=CC1=O)C(C)C.CC[C@H](C)[C@@H]([C@@H](CC(=O)N1CCC[C@H]1[C@H](OC)[C@@H](C)C(=O)C[C@@H](Cc1ccccc1)P(=O)(O)O)OC)N(C)C(=O)[C@@H](CC(=O)[C@H]1N[C@@H]2CC[C@H]1C2)C(C)C. The third kappa shape index (κ3) is 25.7. The van der Waals surface area contributed by atoms with Crippen LogP contribution in [0, 0.1) is 59.2 Å². The fourth-order valence-corrected chi connectivity index (χ4v) is 22.5. The summed E-state index contributed by atoms with van der Waals surface area (Å²) in [5.74, 6) is -4.82. The zero-order chi connectivity index (χ0) is 89.9. The number of hydrogen-bond acceptors (Lipinski definition) is 18. The molecule has 5 heterocycles. The molecule has 2 aromatic rings. The number of carbonyl (C=O) groups is 11. The van der Waals surface area contributed by atoms with E-state index in [1.165, 1.54) is 38.4 Å². The number of Topliss-reactive ketones (excluding diaryl/α,β-unsaturated/α-hetero) is 4. The number of likely N-dealkylation sites (tertiary alicyclic amines) is 3. The average molecular weight is 1750 g/mol. The number of imide groups is 1. The molecular weight excluding hydrogens is 1600 g/mol. The van der Waals surface area contributed by atoms with Gasteiger partial charge in [-0.2, -0.15) is 0 Å². The predicted molar refractivity (Wildman–Crippen MR) is 463 cm³/mol. The van der Waals surface area contributed by atoms with Crippen LogP contribution in [0.25, 0.3) is 0 Å². The number of nitrogens with zero attached hydrogens (tertiary/aromatic N) is 6. The molecule has 22 atom stereocenters. The number of ether oxygens (including phenoxy) is 4. The second kappa shape index (κ2) is 46.3. The topological polar surface area (TPSA) is 371 Å². The quantitative estimate of drug-likeness (QED) is 0.0233. The maximum absolute atomic E-state index is 14.7. The summed E-state index contributed by atoms with van der Waals surface area (Å²) >= 11 is 0. The minimum atomic E-state index is -4.64. The summed E-state index contributed by atoms with van der Waals surface area (Å²) in [5.41, 5.74) is -0.927. The molecule has 2 saturated carbocycles. The lowest BCUT2D eigenvalue weighted by Crippen LogP contribution is -2.54. The molecule has 6 fully saturated rings. The molecule has 0 spiro atoms. The van der Waals surface area contributed by atoms with Crippen molar-refractivity contribution in [2.75, 3.05) is 62.2 Å². The fourth-order valence-electron chi connectivity index (χ4n) is 20.8. The van der Waals surface area contributed by atoms with Crippen LogP contribution in [0.5, 0.6) is 0 Å². The summed E-state index contributed by atoms with van der Waals surface area (Å²) in [7, 11) is 0.303. The Labute approximate surface area is 723 Å². The highest BCUT2D eigenvalue weighted by Crippen LogP contribution is 2.49. The number of unbranched alkanes of at least 4 members (excludes halogenated alkanes) is 2. The Morgan fingerprint density at radius 2 is 0.951 bits per heavy atom. The third-order valence-electron chi connectivity index (χ3n) is 28.3. The van der Waals surface area contributed by atoms with Crippen molar-refractivity contribution in [2.24, 2.45) is 59.2 Å². The number of amides is 7. The van der Waals surface area contributed by atoms with E-state index in [0.29, 0.717) is 88.5 Å². The van der Waals surface area contributed by atoms with Crippen LogP contribution >= 0.6 is 15.2 Å². The number of carbonyl (C=O) groups excluding carboxylic acids is 11. The Morgan fingerprint density at radius 1 is 0.516 bits per heavy atom. The molecule has 4 bridgehead atoms. The second-order valence-electron chi connectivity index (χ2n) is 36.8. The number of likely N-dealkylation sites (N-methyl/N-ethyl adjacent to an activating group) is 2. The largest absolute Gasteiger partial charge is 0.379 e. The summed E-state index contributed by atoms with van der Waals surface area (Å²) in [5, 5.41) is 3.48. The summed E-state index contributed by atoms with van der Waals surface area (Å²) in [4.78, 5) is 201. The van der Waals surface area contributed by atoms with Gasteiger partial charge in [0.15, 0.2) is 11.6 Å². The van der Waals surface area contributed by atoms with Gasteiger partial charge in [-0.25, -0.2) is 0 Å². The first-order chi connectivity index (χ1) is 57.7. The minimum absolute atomic E-state index is 0.0100. The first-order valence-corrected chi connectivity index (χ1v) is 48.2. The molecule has 122 heavy (non-hydrogen) atoms. The molecular formula is C92H143N7O21P2. The molecule has 2 aromatic carbocycles. The lowest BCUT2D eigenvalue weighted by atomic mass is 9.83. The normalized spacial score (nSPS) is 24.2. The summed E-state index contributed by atoms with van der Waals surface area (Å²) in [6, 6.07) is 15.6. The van der Waals surface area contributed by atoms with Crippen molar-refractivity contribution >= 4 is 79.7 Å². The molecule has 2 aliphatic carbocycles. The minimum Gasteiger partial charge on any atom is -0.379 e. The number of benzene rings is 2. The van der Waals surface area contributed by atoms with Crippen molar-refractivity contribution in [1.82, 2.24) is 34.7 Å². The lowest BCUT2D eigenvalue weighted by molar-refractivity contribution is -0.150. The number of ketones is 4. The zero-order valence-electron chi connectivity index (χ0n) is 75.2. The Balaban J connectivity index is 0.000000311. The van der Waals surface area contributed by atoms with Crippen LogP contribution in [0.2, 0.25) is 0 Å². The van der Waals surface area contributed by atoms with E-state index in [9.17, 15) is 81.4 Å². The van der Waals surface area contributed by atoms with Crippen molar-refractivity contribution in [2.45, 2.75) is 307 Å². The van der Waals surface area contributed by atoms with Crippen LogP contribution in [0.4, 0.5) is 0 Å². The van der Waals surface area contributed by atoms with Gasteiger partial charge in [0, 0.05) is 142 Å². The van der Waals surface area contributed by atoms with Crippen LogP contribution in [-0.2, 0) is 93.7 Å². The maximum atomic E-state index is 14.7. The van der Waals surface area contributed by atoms with E-state index < -0.39 is 105 Å². The van der Waals surface area contributed by atoms with Gasteiger partial charge in [0.25, 0.3) is 11.8 Å². The van der Waals surface area contributed by atoms with Gasteiger partial charge in [0.1, 0.15) is 11.6 Å². The van der Waals surface area contributed by atoms with Crippen molar-refractivity contribution in [3.05, 3.63) is 83.9 Å². The maximum Gasteiger partial charge on any atom is 0.329 e. The van der Waals surface area contributed by atoms with Crippen LogP contribution < -0.4 is 5.32 Å². The summed E-state index contributed by atoms with van der Waals surface area (Å²) < 4.78 is 49.0. The second-order valence-corrected chi connectivity index (χ2v) is 40.6. The van der Waals surface area contributed by atoms with Crippen LogP contribution in [-0.4, -0.2) is 260 Å². The first-order valence-electron chi connectivity index (χ1n) is 44.9. The van der Waals surface area contributed by atoms with Gasteiger partial charge >= 0.3 is 15.2 Å². The smallest absolute Gasteiger partial charge is 0.329 e. The Morgan fingerprint density at radius 3 is 1.34 bits per heavy atom. The highest BCUT2D eigenvalue weighted by Gasteiger charge is 2.53. The molecule has 7 amide bonds. The molecule has 682 valence electrons. The van der Waals surface area contributed by atoms with Gasteiger partial charge < -0.3 is 68.3 Å². The van der Waals surface area contributed by atoms with E-state index in [-0.39, 0.29) is 164 Å². The molecule has 4 saturated heterocycles. The highest BCUT2D eigenvalue weighted by molar-refractivity contribution is 7.52. The monoisotopic (exact) mass is 1740 g/mol. The number of rotatable bonds is 48. The van der Waals surface area contributed by atoms with Crippen LogP contribution in [0.1, 0.15) is 222 Å². The van der Waals surface area contributed by atoms with Crippen molar-refractivity contribution < 1.29 is 100 Å². The molecule has 30 heteroatoms. The average Bonchev–Trinajstić information content (AvgIpc) is 1.61. The molecule has 9 rings (SSSR count). The number of methoxy groups -OCH3 is 4. The number of hydrogen-bond donors (Lipinski definition) is 5. The Bertz CT molecular complexity index is 3970. The van der Waals surface area contributed by atoms with Gasteiger partial charge in [0.05, 0.1) is 84.8 Å². The molecule has 5 aliphatic heterocycles. The summed E-state index contributed by atoms with van der Waals surface area (Å²) in [6.45, 7) is 20.5. The van der Waals surface area contributed by atoms with E-state index in [2.05, 4.69) is 12.2 Å². The number of fused-ring (bicyclic) bond motifs is 4. The zero-order valence-corrected chi connectivity index (χ0v) is 77.0. The Kier molecular flexibility index (Phi) is 38.2. The molecule has 7 aliphatic rings. The fraction of sp³-hybridized carbons (Fsp3) is 0.728. The van der Waals surface area contributed by atoms with Gasteiger partial charge in [-0.3, -0.25) is 66.8 Å². The molecule has 0 unspecified atom stereocenters. The van der Waals surface area contributed by atoms with Gasteiger partial charge in [-0.1, -0.05) is 149 Å². The van der Waals surface area contributed by atoms with Crippen LogP contribution in [0.15, 0.2) is 72.8 Å². The van der Waals surface area contributed by atoms with E-state index in [1.807, 2.05) is 60.6 Å². The highest BCUT2D eigenvalue weighted by atomic mass is 31.2. The molecule has 5 N–H and O–H groups in total. The van der Waals surface area contributed by atoms with Gasteiger partial charge in [-0.15, -0.1) is 0 Å². The number of nitrogens with one attached hydrogen (secondary N) is 1. The number of piperidine rings is 2. The van der Waals surface area contributed by atoms with E-state index in [0.717, 1.165) is 50.5 Å². The van der Waals surface area contributed by atoms with Crippen LogP contribution in [0.3, 0.4) is 0 Å². The van der Waals surface area contributed by atoms with E-state index in [4.69, 9.17) is 18.9 Å². The summed E-state index contributed by atoms with van der Waals surface area (Å²) in [6.07, 6.45) is 11.0. The molecule has 0 radical (unpaired) electrons. The van der Waals surface area contributed by atoms with Crippen molar-refractivity contribution in [3.8, 4) is 0 Å². The Hall–Kier alpha value is -6.55. The van der Waals surface area contributed by atoms with Gasteiger partial charge in [0.2, 0.25) is 29.5 Å². The predicted octanol–water partition coefficient (Wildman–Crippen LogP) is 10.8. The third-order valence-corrected chi connectivity index (χ3v) is 31.0. The van der Waals surface area contributed by atoms with Crippen molar-refractivity contribution in [3.63, 3.8) is 0 Å². The first kappa shape index (κ1) is 101. The lowest BCUT2D eigenvalue weighted by Gasteiger charge is -2.41. The molecule has 28 nitrogen and oxygen atoms in total. The van der Waals surface area contributed by atoms with E-state index in [1.54, 1.807) is 108 Å². The van der Waals surface area contributed by atoms with Crippen molar-refractivity contribution in [1.29, 1.82) is 0 Å². The standard InChI is InChI=1S/C51H77N4O12P.C41H66N3O9P/c1-9-33(4)48(43(66-7)31-47(61)53-26-16-19-40(53)50(67-8)34(5)41(56)29-38(68(63,64)65)27-35-17-12-10-13-18-35)52(6)51(62)39(32(2)3)30-42(57)49-36-21-22-37(28-36)55(49)46(60)20-14-11-15-25-54-44(58)23-24-45(54)59;1-9-26(4)39(43(6)41(48)32(25(2)3)23-35(46)38-29-17-18-30(21-29)42-38)36(52-7)24-37(47)44-19-13-16-33(44)40(53-8)27(5)34(45)22-31(54(49,50)51)20-28-14-11-10-12-15-28/h10,12-13,17-18,23-24,32-34,36-40,43,48-50H,9,11,14-16,19-22,25-31H2,1-8H3,(H2,63,64,65);10-12,14-15,25-27,29-33,36,38-40,42H,9,13,16-24H2,1-8H3,(H2,49,50,51)/t33-,34-,36-,37+,38+,39-,40-,43+,48-,49-,50+;26-,27-,29-,30+,31+,32-,33-,36+,38-,39-,40+/m00/s1. The van der Waals surface area contributed by atoms with Gasteiger partial charge in [-0.05, 0) is 137 Å². The van der Waals surface area contributed by atoms with E-state index >= 15 is 0 Å².